The molecule has 0 saturated carbocycles. The summed E-state index contributed by atoms with van der Waals surface area (Å²) in [5.41, 5.74) is 10.7. The van der Waals surface area contributed by atoms with Crippen molar-refractivity contribution in [1.82, 2.24) is 0 Å². The van der Waals surface area contributed by atoms with Crippen LogP contribution < -0.4 is 30.9 Å². The molecule has 256 valence electrons. The van der Waals surface area contributed by atoms with Crippen molar-refractivity contribution >= 4 is 110 Å². The van der Waals surface area contributed by atoms with E-state index in [1.165, 1.54) is 69.5 Å². The molecule has 0 radical (unpaired) electrons. The van der Waals surface area contributed by atoms with Gasteiger partial charge in [-0.05, 0) is 129 Å². The number of para-hydroxylation sites is 3. The van der Waals surface area contributed by atoms with Crippen molar-refractivity contribution in [3.63, 3.8) is 0 Å². The number of nitrogens with zero attached hydrogens (tertiary/aromatic N) is 2. The number of anilines is 6. The van der Waals surface area contributed by atoms with Gasteiger partial charge in [-0.3, -0.25) is 0 Å². The molecule has 12 rings (SSSR count). The molecule has 0 unspecified atom stereocenters. The largest absolute Gasteiger partial charge is 0.458 e. The maximum absolute atomic E-state index is 6.86. The highest BCUT2D eigenvalue weighted by atomic mass is 32.1. The maximum atomic E-state index is 6.86. The first-order chi connectivity index (χ1) is 27.2. The lowest BCUT2D eigenvalue weighted by molar-refractivity contribution is 0.488. The lowest BCUT2D eigenvalue weighted by Gasteiger charge is -2.39. The van der Waals surface area contributed by atoms with Crippen molar-refractivity contribution in [3.8, 4) is 11.5 Å². The van der Waals surface area contributed by atoms with Gasteiger partial charge >= 0.3 is 0 Å². The Morgan fingerprint density at radius 1 is 0.436 bits per heavy atom. The maximum Gasteiger partial charge on any atom is 0.256 e. The normalized spacial score (nSPS) is 12.8. The van der Waals surface area contributed by atoms with Gasteiger partial charge in [-0.15, -0.1) is 11.3 Å². The van der Waals surface area contributed by atoms with E-state index in [4.69, 9.17) is 4.74 Å². The highest BCUT2D eigenvalue weighted by Gasteiger charge is 2.41. The molecule has 0 atom stereocenters. The summed E-state index contributed by atoms with van der Waals surface area (Å²) in [6.07, 6.45) is 0. The Kier molecular flexibility index (Phi) is 6.60. The fourth-order valence-corrected chi connectivity index (χ4v) is 10.1. The Labute approximate surface area is 323 Å². The molecule has 1 aromatic heterocycles. The van der Waals surface area contributed by atoms with E-state index in [1.807, 2.05) is 11.3 Å². The van der Waals surface area contributed by atoms with Crippen LogP contribution in [0.5, 0.6) is 11.5 Å². The Balaban J connectivity index is 1.00. The average Bonchev–Trinajstić information content (AvgIpc) is 3.58. The molecule has 0 amide bonds. The van der Waals surface area contributed by atoms with Crippen LogP contribution >= 0.6 is 11.3 Å². The van der Waals surface area contributed by atoms with Crippen LogP contribution in [-0.2, 0) is 0 Å². The Bertz CT molecular complexity index is 3160. The van der Waals surface area contributed by atoms with Crippen LogP contribution in [0.3, 0.4) is 0 Å². The van der Waals surface area contributed by atoms with Gasteiger partial charge in [0.05, 0.1) is 0 Å². The quantitative estimate of drug-likeness (QED) is 0.169. The Morgan fingerprint density at radius 2 is 1.09 bits per heavy atom. The standard InChI is InChI=1S/C50H31BN2OS/c1-3-14-36(15-4-1)52(38-24-22-32-12-7-8-13-33(32)26-38)39-25-23-34-28-40-41-30-47-43(31-49(41)55-48(40)29-35(34)27-39)51-42-18-9-10-19-44(42)53(37-16-5-2-6-17-37)45-20-11-21-46(54-47)50(45)51/h1-31H. The molecular weight excluding hydrogens is 687 g/mol. The van der Waals surface area contributed by atoms with Gasteiger partial charge < -0.3 is 14.5 Å². The van der Waals surface area contributed by atoms with Gasteiger partial charge in [0, 0.05) is 54.3 Å². The monoisotopic (exact) mass is 718 g/mol. The molecule has 9 aromatic carbocycles. The Morgan fingerprint density at radius 3 is 1.95 bits per heavy atom. The molecular formula is C50H31BN2OS. The summed E-state index contributed by atoms with van der Waals surface area (Å²) in [5.74, 6) is 1.87. The van der Waals surface area contributed by atoms with E-state index in [-0.39, 0.29) is 6.71 Å². The molecule has 0 N–H and O–H groups in total. The van der Waals surface area contributed by atoms with Crippen molar-refractivity contribution < 1.29 is 4.74 Å². The summed E-state index contributed by atoms with van der Waals surface area (Å²) in [7, 11) is 0. The van der Waals surface area contributed by atoms with Crippen molar-refractivity contribution in [2.45, 2.75) is 0 Å². The third-order valence-corrected chi connectivity index (χ3v) is 12.5. The van der Waals surface area contributed by atoms with Gasteiger partial charge in [0.15, 0.2) is 0 Å². The summed E-state index contributed by atoms with van der Waals surface area (Å²) in [6.45, 7) is 0.0708. The molecule has 2 aliphatic rings. The second-order valence-electron chi connectivity index (χ2n) is 14.5. The zero-order chi connectivity index (χ0) is 36.0. The second-order valence-corrected chi connectivity index (χ2v) is 15.6. The minimum absolute atomic E-state index is 0.0708. The average molecular weight is 719 g/mol. The topological polar surface area (TPSA) is 15.7 Å². The summed E-state index contributed by atoms with van der Waals surface area (Å²) in [5, 5.41) is 7.41. The lowest BCUT2D eigenvalue weighted by atomic mass is 9.34. The zero-order valence-electron chi connectivity index (χ0n) is 29.7. The molecule has 3 heterocycles. The fourth-order valence-electron chi connectivity index (χ4n) is 8.97. The van der Waals surface area contributed by atoms with E-state index in [2.05, 4.69) is 198 Å². The van der Waals surface area contributed by atoms with Crippen LogP contribution in [-0.4, -0.2) is 6.71 Å². The van der Waals surface area contributed by atoms with Gasteiger partial charge in [0.25, 0.3) is 6.71 Å². The number of ether oxygens (including phenoxy) is 1. The van der Waals surface area contributed by atoms with E-state index >= 15 is 0 Å². The predicted octanol–water partition coefficient (Wildman–Crippen LogP) is 12.2. The van der Waals surface area contributed by atoms with Gasteiger partial charge in [0.2, 0.25) is 0 Å². The van der Waals surface area contributed by atoms with Crippen LogP contribution in [0.25, 0.3) is 41.7 Å². The fraction of sp³-hybridized carbons (Fsp3) is 0. The van der Waals surface area contributed by atoms with E-state index in [0.717, 1.165) is 34.2 Å². The van der Waals surface area contributed by atoms with Crippen LogP contribution in [0, 0.1) is 0 Å². The molecule has 0 bridgehead atoms. The number of fused-ring (bicyclic) bond motifs is 9. The summed E-state index contributed by atoms with van der Waals surface area (Å²) in [4.78, 5) is 4.75. The van der Waals surface area contributed by atoms with E-state index < -0.39 is 0 Å². The number of thiophene rings is 1. The number of hydrogen-bond acceptors (Lipinski definition) is 4. The first-order valence-corrected chi connectivity index (χ1v) is 19.6. The predicted molar refractivity (Wildman–Crippen MR) is 235 cm³/mol. The molecule has 5 heteroatoms. The number of benzene rings is 9. The minimum atomic E-state index is 0.0708. The summed E-state index contributed by atoms with van der Waals surface area (Å²) < 4.78 is 9.41. The van der Waals surface area contributed by atoms with Crippen molar-refractivity contribution in [3.05, 3.63) is 188 Å². The molecule has 0 aliphatic carbocycles. The summed E-state index contributed by atoms with van der Waals surface area (Å²) in [6, 6.07) is 68.3. The summed E-state index contributed by atoms with van der Waals surface area (Å²) >= 11 is 1.87. The molecule has 3 nitrogen and oxygen atoms in total. The first-order valence-electron chi connectivity index (χ1n) is 18.8. The number of rotatable bonds is 4. The van der Waals surface area contributed by atoms with Crippen molar-refractivity contribution in [1.29, 1.82) is 0 Å². The lowest BCUT2D eigenvalue weighted by Crippen LogP contribution is -2.59. The molecule has 2 aliphatic heterocycles. The highest BCUT2D eigenvalue weighted by Crippen LogP contribution is 2.44. The molecule has 0 spiro atoms. The second kappa shape index (κ2) is 11.8. The third-order valence-electron chi connectivity index (χ3n) is 11.4. The van der Waals surface area contributed by atoms with Crippen molar-refractivity contribution in [2.24, 2.45) is 0 Å². The van der Waals surface area contributed by atoms with E-state index in [1.54, 1.807) is 0 Å². The van der Waals surface area contributed by atoms with Crippen LogP contribution in [0.2, 0.25) is 0 Å². The first kappa shape index (κ1) is 30.6. The van der Waals surface area contributed by atoms with E-state index in [0.29, 0.717) is 0 Å². The van der Waals surface area contributed by atoms with Gasteiger partial charge in [-0.2, -0.15) is 0 Å². The molecule has 0 saturated heterocycles. The van der Waals surface area contributed by atoms with Crippen molar-refractivity contribution in [2.75, 3.05) is 9.80 Å². The van der Waals surface area contributed by atoms with Gasteiger partial charge in [-0.1, -0.05) is 97.1 Å². The molecule has 0 fully saturated rings. The molecule has 10 aromatic rings. The van der Waals surface area contributed by atoms with Crippen LogP contribution in [0.1, 0.15) is 0 Å². The molecule has 55 heavy (non-hydrogen) atoms. The van der Waals surface area contributed by atoms with Crippen LogP contribution in [0.4, 0.5) is 34.1 Å². The smallest absolute Gasteiger partial charge is 0.256 e. The van der Waals surface area contributed by atoms with Gasteiger partial charge in [0.1, 0.15) is 11.5 Å². The van der Waals surface area contributed by atoms with Gasteiger partial charge in [-0.25, -0.2) is 0 Å². The zero-order valence-corrected chi connectivity index (χ0v) is 30.5. The minimum Gasteiger partial charge on any atom is -0.458 e. The Hall–Kier alpha value is -6.82. The SMILES string of the molecule is c1ccc(N(c2ccc3ccccc3c2)c2ccc3cc4c(cc3c2)sc2cc3c(cc24)Oc2cccc4c2B3c2ccccc2N4c2ccccc2)cc1. The number of hydrogen-bond donors (Lipinski definition) is 0. The van der Waals surface area contributed by atoms with Crippen LogP contribution in [0.15, 0.2) is 188 Å². The third kappa shape index (κ3) is 4.70. The van der Waals surface area contributed by atoms with E-state index in [9.17, 15) is 0 Å². The highest BCUT2D eigenvalue weighted by molar-refractivity contribution is 7.26.